The molecule has 0 unspecified atom stereocenters. The molecule has 0 spiro atoms. The van der Waals surface area contributed by atoms with Crippen LogP contribution in [-0.4, -0.2) is 95.9 Å². The topological polar surface area (TPSA) is 187 Å². The van der Waals surface area contributed by atoms with E-state index in [1.54, 1.807) is 18.5 Å². The Morgan fingerprint density at radius 3 is 2.02 bits per heavy atom. The Labute approximate surface area is 231 Å². The highest BCUT2D eigenvalue weighted by molar-refractivity contribution is 5.88. The van der Waals surface area contributed by atoms with Gasteiger partial charge in [-0.3, -0.25) is 19.5 Å². The SMILES string of the molecule is CN(C)CCN(Cc1cccc(Oc2ncccn2)c1)Cc1ccccn1.O=C(O)CC(O)(CC(=O)O)C(=O)O. The molecule has 0 bridgehead atoms. The van der Waals surface area contributed by atoms with Gasteiger partial charge in [-0.05, 0) is 50.0 Å². The van der Waals surface area contributed by atoms with Crippen LogP contribution in [0.5, 0.6) is 11.8 Å². The third kappa shape index (κ3) is 11.9. The van der Waals surface area contributed by atoms with Crippen LogP contribution >= 0.6 is 0 Å². The van der Waals surface area contributed by atoms with E-state index >= 15 is 0 Å². The van der Waals surface area contributed by atoms with E-state index in [2.05, 4.69) is 51.0 Å². The van der Waals surface area contributed by atoms with E-state index in [4.69, 9.17) is 25.2 Å². The molecule has 13 heteroatoms. The minimum atomic E-state index is -2.74. The quantitative estimate of drug-likeness (QED) is 0.226. The van der Waals surface area contributed by atoms with Gasteiger partial charge in [0.05, 0.1) is 18.5 Å². The van der Waals surface area contributed by atoms with Gasteiger partial charge in [0.1, 0.15) is 5.75 Å². The Hall–Kier alpha value is -4.46. The standard InChI is InChI=1S/C21H25N5O.C6H8O7/c1-25(2)13-14-26(17-19-8-3-4-10-22-19)16-18-7-5-9-20(15-18)27-21-23-11-6-12-24-21;7-3(8)1-6(13,5(11)12)2-4(9)10/h3-12,15H,13-14,16-17H2,1-2H3;13H,1-2H2,(H,7,8)(H,9,10)(H,11,12). The van der Waals surface area contributed by atoms with Crippen LogP contribution in [0, 0.1) is 0 Å². The summed E-state index contributed by atoms with van der Waals surface area (Å²) >= 11 is 0. The molecule has 214 valence electrons. The minimum Gasteiger partial charge on any atom is -0.481 e. The summed E-state index contributed by atoms with van der Waals surface area (Å²) in [6, 6.07) is 16.2. The Kier molecular flexibility index (Phi) is 12.6. The van der Waals surface area contributed by atoms with E-state index in [-0.39, 0.29) is 0 Å². The van der Waals surface area contributed by atoms with Gasteiger partial charge in [-0.25, -0.2) is 14.8 Å². The lowest BCUT2D eigenvalue weighted by Gasteiger charge is -2.24. The molecular weight excluding hydrogens is 522 g/mol. The molecule has 3 rings (SSSR count). The third-order valence-corrected chi connectivity index (χ3v) is 5.32. The van der Waals surface area contributed by atoms with Crippen molar-refractivity contribution in [2.24, 2.45) is 0 Å². The van der Waals surface area contributed by atoms with E-state index in [1.165, 1.54) is 5.56 Å². The molecular formula is C27H33N5O8. The van der Waals surface area contributed by atoms with Crippen molar-refractivity contribution < 1.29 is 39.5 Å². The summed E-state index contributed by atoms with van der Waals surface area (Å²) in [5, 5.41) is 33.8. The first-order valence-corrected chi connectivity index (χ1v) is 12.2. The molecule has 3 aromatic rings. The van der Waals surface area contributed by atoms with Crippen molar-refractivity contribution in [3.63, 3.8) is 0 Å². The van der Waals surface area contributed by atoms with Crippen molar-refractivity contribution in [2.75, 3.05) is 27.2 Å². The Balaban J connectivity index is 0.000000366. The van der Waals surface area contributed by atoms with Gasteiger partial charge in [-0.2, -0.15) is 0 Å². The number of pyridine rings is 1. The zero-order valence-electron chi connectivity index (χ0n) is 22.3. The average Bonchev–Trinajstić information content (AvgIpc) is 2.88. The maximum absolute atomic E-state index is 10.3. The molecule has 4 N–H and O–H groups in total. The lowest BCUT2D eigenvalue weighted by molar-refractivity contribution is -0.170. The lowest BCUT2D eigenvalue weighted by Crippen LogP contribution is -2.42. The molecule has 1 aromatic carbocycles. The van der Waals surface area contributed by atoms with Gasteiger partial charge in [-0.1, -0.05) is 18.2 Å². The number of nitrogens with zero attached hydrogens (tertiary/aromatic N) is 5. The maximum Gasteiger partial charge on any atom is 0.336 e. The summed E-state index contributed by atoms with van der Waals surface area (Å²) in [7, 11) is 4.18. The van der Waals surface area contributed by atoms with Crippen LogP contribution in [-0.2, 0) is 27.5 Å². The largest absolute Gasteiger partial charge is 0.481 e. The van der Waals surface area contributed by atoms with E-state index in [0.717, 1.165) is 37.6 Å². The highest BCUT2D eigenvalue weighted by Gasteiger charge is 2.40. The number of hydrogen-bond donors (Lipinski definition) is 4. The van der Waals surface area contributed by atoms with Gasteiger partial charge in [-0.15, -0.1) is 0 Å². The Bertz CT molecular complexity index is 1210. The number of aliphatic carboxylic acids is 3. The number of hydrogen-bond acceptors (Lipinski definition) is 10. The van der Waals surface area contributed by atoms with Crippen LogP contribution in [0.15, 0.2) is 67.1 Å². The fourth-order valence-corrected chi connectivity index (χ4v) is 3.40. The average molecular weight is 556 g/mol. The zero-order valence-corrected chi connectivity index (χ0v) is 22.3. The summed E-state index contributed by atoms with van der Waals surface area (Å²) in [4.78, 5) is 47.8. The van der Waals surface area contributed by atoms with Crippen LogP contribution < -0.4 is 4.74 Å². The van der Waals surface area contributed by atoms with Crippen molar-refractivity contribution >= 4 is 17.9 Å². The second-order valence-corrected chi connectivity index (χ2v) is 9.09. The number of ether oxygens (including phenoxy) is 1. The second-order valence-electron chi connectivity index (χ2n) is 9.09. The summed E-state index contributed by atoms with van der Waals surface area (Å²) < 4.78 is 5.76. The summed E-state index contributed by atoms with van der Waals surface area (Å²) in [5.41, 5.74) is -0.489. The van der Waals surface area contributed by atoms with Crippen LogP contribution in [0.1, 0.15) is 24.1 Å². The number of carboxylic acids is 3. The van der Waals surface area contributed by atoms with E-state index < -0.39 is 36.4 Å². The number of rotatable bonds is 14. The number of carbonyl (C=O) groups is 3. The normalized spacial score (nSPS) is 11.0. The molecule has 2 aromatic heterocycles. The van der Waals surface area contributed by atoms with Crippen molar-refractivity contribution in [2.45, 2.75) is 31.5 Å². The molecule has 0 saturated carbocycles. The molecule has 0 aliphatic heterocycles. The van der Waals surface area contributed by atoms with Crippen molar-refractivity contribution in [3.05, 3.63) is 78.4 Å². The number of aromatic nitrogens is 3. The van der Waals surface area contributed by atoms with Gasteiger partial charge in [0.25, 0.3) is 0 Å². The van der Waals surface area contributed by atoms with E-state index in [1.807, 2.05) is 36.5 Å². The van der Waals surface area contributed by atoms with Gasteiger partial charge >= 0.3 is 23.9 Å². The smallest absolute Gasteiger partial charge is 0.336 e. The molecule has 0 aliphatic rings. The lowest BCUT2D eigenvalue weighted by atomic mass is 9.96. The number of likely N-dealkylation sites (N-methyl/N-ethyl adjacent to an activating group) is 1. The molecule has 0 fully saturated rings. The molecule has 40 heavy (non-hydrogen) atoms. The van der Waals surface area contributed by atoms with Crippen LogP contribution in [0.3, 0.4) is 0 Å². The molecule has 0 amide bonds. The van der Waals surface area contributed by atoms with Crippen molar-refractivity contribution in [3.8, 4) is 11.8 Å². The summed E-state index contributed by atoms with van der Waals surface area (Å²) in [6.45, 7) is 3.57. The third-order valence-electron chi connectivity index (χ3n) is 5.32. The first kappa shape index (κ1) is 31.8. The van der Waals surface area contributed by atoms with E-state index in [9.17, 15) is 14.4 Å². The molecule has 13 nitrogen and oxygen atoms in total. The Morgan fingerprint density at radius 1 is 0.825 bits per heavy atom. The molecule has 0 saturated heterocycles. The van der Waals surface area contributed by atoms with Gasteiger partial charge in [0, 0.05) is 44.8 Å². The van der Waals surface area contributed by atoms with Gasteiger partial charge < -0.3 is 30.1 Å². The minimum absolute atomic E-state index is 0.354. The fraction of sp³-hybridized carbons (Fsp3) is 0.333. The number of carboxylic acid groups (broad SMARTS) is 3. The predicted molar refractivity (Wildman–Crippen MR) is 143 cm³/mol. The highest BCUT2D eigenvalue weighted by atomic mass is 16.5. The number of benzene rings is 1. The summed E-state index contributed by atoms with van der Waals surface area (Å²) in [5.74, 6) is -4.28. The molecule has 2 heterocycles. The first-order valence-electron chi connectivity index (χ1n) is 12.2. The number of aliphatic hydroxyl groups is 1. The van der Waals surface area contributed by atoms with Crippen molar-refractivity contribution in [1.29, 1.82) is 0 Å². The van der Waals surface area contributed by atoms with Gasteiger partial charge in [0.15, 0.2) is 5.60 Å². The summed E-state index contributed by atoms with van der Waals surface area (Å²) in [6.07, 6.45) is 2.89. The molecule has 0 atom stereocenters. The highest BCUT2D eigenvalue weighted by Crippen LogP contribution is 2.20. The molecule has 0 aliphatic carbocycles. The maximum atomic E-state index is 10.3. The first-order chi connectivity index (χ1) is 19.0. The van der Waals surface area contributed by atoms with Crippen LogP contribution in [0.4, 0.5) is 0 Å². The Morgan fingerprint density at radius 2 is 1.48 bits per heavy atom. The zero-order chi connectivity index (χ0) is 29.5. The second kappa shape index (κ2) is 15.8. The van der Waals surface area contributed by atoms with Crippen LogP contribution in [0.2, 0.25) is 0 Å². The predicted octanol–water partition coefficient (Wildman–Crippen LogP) is 1.98. The molecule has 0 radical (unpaired) electrons. The van der Waals surface area contributed by atoms with Crippen LogP contribution in [0.25, 0.3) is 0 Å². The van der Waals surface area contributed by atoms with Gasteiger partial charge in [0.2, 0.25) is 0 Å². The van der Waals surface area contributed by atoms with E-state index in [0.29, 0.717) is 6.01 Å². The monoisotopic (exact) mass is 555 g/mol. The van der Waals surface area contributed by atoms with Crippen molar-refractivity contribution in [1.82, 2.24) is 24.8 Å². The fourth-order valence-electron chi connectivity index (χ4n) is 3.40.